The van der Waals surface area contributed by atoms with E-state index < -0.39 is 11.9 Å². The van der Waals surface area contributed by atoms with Crippen LogP contribution in [0.4, 0.5) is 5.69 Å². The fourth-order valence-corrected chi connectivity index (χ4v) is 2.24. The van der Waals surface area contributed by atoms with Crippen molar-refractivity contribution >= 4 is 33.5 Å². The average molecular weight is 313 g/mol. The van der Waals surface area contributed by atoms with Gasteiger partial charge >= 0.3 is 5.97 Å². The standard InChI is InChI=1S/C12H13BrN2O3/c13-7-1-4-9(12(14)18)10(5-7)15(6-11(16)17)8-2-3-8/h1,4-5,8H,2-3,6H2,(H2,14,18)(H,16,17). The van der Waals surface area contributed by atoms with Crippen molar-refractivity contribution in [3.8, 4) is 0 Å². The Morgan fingerprint density at radius 1 is 1.44 bits per heavy atom. The minimum Gasteiger partial charge on any atom is -0.480 e. The number of hydrogen-bond acceptors (Lipinski definition) is 3. The van der Waals surface area contributed by atoms with Gasteiger partial charge in [0, 0.05) is 10.5 Å². The second-order valence-corrected chi connectivity index (χ2v) is 5.19. The highest BCUT2D eigenvalue weighted by molar-refractivity contribution is 9.10. The molecule has 2 rings (SSSR count). The number of anilines is 1. The van der Waals surface area contributed by atoms with E-state index >= 15 is 0 Å². The molecule has 1 saturated carbocycles. The average Bonchev–Trinajstić information content (AvgIpc) is 3.08. The molecule has 5 nitrogen and oxygen atoms in total. The summed E-state index contributed by atoms with van der Waals surface area (Å²) in [4.78, 5) is 24.0. The van der Waals surface area contributed by atoms with Crippen LogP contribution in [-0.2, 0) is 4.79 Å². The first-order chi connectivity index (χ1) is 8.49. The minimum absolute atomic E-state index is 0.124. The Morgan fingerprint density at radius 2 is 2.11 bits per heavy atom. The molecule has 1 aliphatic rings. The summed E-state index contributed by atoms with van der Waals surface area (Å²) in [6.07, 6.45) is 1.88. The van der Waals surface area contributed by atoms with E-state index in [2.05, 4.69) is 15.9 Å². The van der Waals surface area contributed by atoms with Crippen molar-refractivity contribution in [3.05, 3.63) is 28.2 Å². The lowest BCUT2D eigenvalue weighted by atomic mass is 10.1. The van der Waals surface area contributed by atoms with E-state index in [9.17, 15) is 9.59 Å². The van der Waals surface area contributed by atoms with E-state index in [-0.39, 0.29) is 12.6 Å². The summed E-state index contributed by atoms with van der Waals surface area (Å²) in [5, 5.41) is 8.95. The van der Waals surface area contributed by atoms with Gasteiger partial charge in [0.25, 0.3) is 5.91 Å². The Bertz CT molecular complexity index is 500. The smallest absolute Gasteiger partial charge is 0.323 e. The van der Waals surface area contributed by atoms with Gasteiger partial charge in [0.15, 0.2) is 0 Å². The first-order valence-electron chi connectivity index (χ1n) is 5.57. The van der Waals surface area contributed by atoms with Crippen LogP contribution in [0.3, 0.4) is 0 Å². The Kier molecular flexibility index (Phi) is 3.56. The molecule has 0 saturated heterocycles. The molecule has 0 radical (unpaired) electrons. The molecule has 6 heteroatoms. The summed E-state index contributed by atoms with van der Waals surface area (Å²) < 4.78 is 0.790. The second kappa shape index (κ2) is 4.97. The lowest BCUT2D eigenvalue weighted by Crippen LogP contribution is -2.33. The van der Waals surface area contributed by atoms with Crippen molar-refractivity contribution in [3.63, 3.8) is 0 Å². The molecule has 3 N–H and O–H groups in total. The highest BCUT2D eigenvalue weighted by Crippen LogP contribution is 2.34. The zero-order valence-electron chi connectivity index (χ0n) is 9.60. The first-order valence-corrected chi connectivity index (χ1v) is 6.36. The Labute approximate surface area is 113 Å². The molecule has 1 aromatic carbocycles. The molecule has 0 unspecified atom stereocenters. The van der Waals surface area contributed by atoms with Crippen molar-refractivity contribution in [2.75, 3.05) is 11.4 Å². The van der Waals surface area contributed by atoms with Gasteiger partial charge in [-0.15, -0.1) is 0 Å². The normalized spacial score (nSPS) is 14.3. The Morgan fingerprint density at radius 3 is 2.61 bits per heavy atom. The quantitative estimate of drug-likeness (QED) is 0.865. The third-order valence-electron chi connectivity index (χ3n) is 2.83. The molecule has 0 bridgehead atoms. The van der Waals surface area contributed by atoms with E-state index in [1.165, 1.54) is 0 Å². The van der Waals surface area contributed by atoms with Gasteiger partial charge in [0.1, 0.15) is 6.54 Å². The highest BCUT2D eigenvalue weighted by atomic mass is 79.9. The van der Waals surface area contributed by atoms with Crippen LogP contribution in [0.25, 0.3) is 0 Å². The van der Waals surface area contributed by atoms with Crippen LogP contribution in [0.5, 0.6) is 0 Å². The van der Waals surface area contributed by atoms with Crippen LogP contribution in [0.15, 0.2) is 22.7 Å². The molecule has 18 heavy (non-hydrogen) atoms. The number of carbonyl (C=O) groups is 2. The second-order valence-electron chi connectivity index (χ2n) is 4.28. The predicted octanol–water partition coefficient (Wildman–Crippen LogP) is 1.60. The monoisotopic (exact) mass is 312 g/mol. The molecule has 0 heterocycles. The number of halogens is 1. The zero-order chi connectivity index (χ0) is 13.3. The van der Waals surface area contributed by atoms with E-state index in [0.717, 1.165) is 17.3 Å². The van der Waals surface area contributed by atoms with E-state index in [4.69, 9.17) is 10.8 Å². The van der Waals surface area contributed by atoms with Crippen molar-refractivity contribution in [1.29, 1.82) is 0 Å². The predicted molar refractivity (Wildman–Crippen MR) is 70.7 cm³/mol. The third kappa shape index (κ3) is 2.81. The number of rotatable bonds is 5. The van der Waals surface area contributed by atoms with Gasteiger partial charge in [-0.25, -0.2) is 0 Å². The van der Waals surface area contributed by atoms with Crippen LogP contribution in [0, 0.1) is 0 Å². The molecule has 1 aliphatic carbocycles. The van der Waals surface area contributed by atoms with Gasteiger partial charge < -0.3 is 15.7 Å². The summed E-state index contributed by atoms with van der Waals surface area (Å²) >= 11 is 3.32. The molecule has 1 fully saturated rings. The number of hydrogen-bond donors (Lipinski definition) is 2. The van der Waals surface area contributed by atoms with E-state index in [0.29, 0.717) is 11.3 Å². The van der Waals surface area contributed by atoms with Crippen LogP contribution >= 0.6 is 15.9 Å². The number of nitrogens with zero attached hydrogens (tertiary/aromatic N) is 1. The largest absolute Gasteiger partial charge is 0.480 e. The lowest BCUT2D eigenvalue weighted by Gasteiger charge is -2.24. The number of benzene rings is 1. The minimum atomic E-state index is -0.919. The van der Waals surface area contributed by atoms with Crippen molar-refractivity contribution < 1.29 is 14.7 Å². The third-order valence-corrected chi connectivity index (χ3v) is 3.32. The molecular weight excluding hydrogens is 300 g/mol. The summed E-state index contributed by atoms with van der Waals surface area (Å²) in [7, 11) is 0. The zero-order valence-corrected chi connectivity index (χ0v) is 11.2. The van der Waals surface area contributed by atoms with Crippen LogP contribution < -0.4 is 10.6 Å². The maximum atomic E-state index is 11.4. The maximum absolute atomic E-state index is 11.4. The van der Waals surface area contributed by atoms with Gasteiger partial charge in [-0.3, -0.25) is 9.59 Å². The molecule has 0 atom stereocenters. The molecule has 1 aromatic rings. The number of carboxylic acid groups (broad SMARTS) is 1. The van der Waals surface area contributed by atoms with E-state index in [1.54, 1.807) is 23.1 Å². The lowest BCUT2D eigenvalue weighted by molar-refractivity contribution is -0.135. The Balaban J connectivity index is 2.41. The van der Waals surface area contributed by atoms with Crippen molar-refractivity contribution in [2.45, 2.75) is 18.9 Å². The van der Waals surface area contributed by atoms with Crippen LogP contribution in [-0.4, -0.2) is 29.6 Å². The fourth-order valence-electron chi connectivity index (χ4n) is 1.89. The Hall–Kier alpha value is -1.56. The number of aliphatic carboxylic acids is 1. The van der Waals surface area contributed by atoms with Gasteiger partial charge in [0.05, 0.1) is 11.3 Å². The van der Waals surface area contributed by atoms with Gasteiger partial charge in [-0.2, -0.15) is 0 Å². The first kappa shape index (κ1) is 12.9. The molecular formula is C12H13BrN2O3. The van der Waals surface area contributed by atoms with Gasteiger partial charge in [-0.1, -0.05) is 15.9 Å². The molecule has 0 aromatic heterocycles. The topological polar surface area (TPSA) is 83.6 Å². The number of nitrogens with two attached hydrogens (primary N) is 1. The van der Waals surface area contributed by atoms with Crippen LogP contribution in [0.1, 0.15) is 23.2 Å². The molecule has 96 valence electrons. The van der Waals surface area contributed by atoms with Gasteiger partial charge in [-0.05, 0) is 31.0 Å². The summed E-state index contributed by atoms with van der Waals surface area (Å²) in [6.45, 7) is -0.124. The fraction of sp³-hybridized carbons (Fsp3) is 0.333. The number of primary amides is 1. The van der Waals surface area contributed by atoms with E-state index in [1.807, 2.05) is 0 Å². The van der Waals surface area contributed by atoms with Gasteiger partial charge in [0.2, 0.25) is 0 Å². The molecule has 0 aliphatic heterocycles. The number of amides is 1. The van der Waals surface area contributed by atoms with Crippen molar-refractivity contribution in [1.82, 2.24) is 0 Å². The highest BCUT2D eigenvalue weighted by Gasteiger charge is 2.32. The maximum Gasteiger partial charge on any atom is 0.323 e. The number of carbonyl (C=O) groups excluding carboxylic acids is 1. The summed E-state index contributed by atoms with van der Waals surface area (Å²) in [5.74, 6) is -1.47. The van der Waals surface area contributed by atoms with Crippen LogP contribution in [0.2, 0.25) is 0 Å². The summed E-state index contributed by atoms with van der Waals surface area (Å²) in [6, 6.07) is 5.25. The SMILES string of the molecule is NC(=O)c1ccc(Br)cc1N(CC(=O)O)C1CC1. The number of carboxylic acids is 1. The van der Waals surface area contributed by atoms with Crippen molar-refractivity contribution in [2.24, 2.45) is 5.73 Å². The molecule has 0 spiro atoms. The molecule has 1 amide bonds. The summed E-state index contributed by atoms with van der Waals surface area (Å²) in [5.41, 5.74) is 6.26.